The Kier molecular flexibility index (Phi) is 3.78. The van der Waals surface area contributed by atoms with Gasteiger partial charge < -0.3 is 15.7 Å². The summed E-state index contributed by atoms with van der Waals surface area (Å²) in [6.07, 6.45) is 0. The van der Waals surface area contributed by atoms with Crippen LogP contribution >= 0.6 is 0 Å². The average molecular weight is 229 g/mol. The first-order valence-electron chi connectivity index (χ1n) is 4.62. The summed E-state index contributed by atoms with van der Waals surface area (Å²) < 4.78 is 27.1. The zero-order chi connectivity index (χ0) is 12.3. The topological polar surface area (TPSA) is 73.3 Å². The summed E-state index contributed by atoms with van der Waals surface area (Å²) in [6.45, 7) is -0.0862. The Morgan fingerprint density at radius 2 is 1.94 bits per heavy atom. The van der Waals surface area contributed by atoms with E-state index in [-0.39, 0.29) is 24.4 Å². The van der Waals surface area contributed by atoms with E-state index < -0.39 is 17.5 Å². The average Bonchev–Trinajstić information content (AvgIpc) is 2.16. The Balaban J connectivity index is 3.17. The first kappa shape index (κ1) is 12.4. The van der Waals surface area contributed by atoms with Crippen LogP contribution in [0.2, 0.25) is 0 Å². The van der Waals surface area contributed by atoms with Crippen molar-refractivity contribution in [2.75, 3.05) is 25.1 Å². The third-order valence-electron chi connectivity index (χ3n) is 2.15. The predicted molar refractivity (Wildman–Crippen MR) is 57.7 cm³/mol. The lowest BCUT2D eigenvalue weighted by molar-refractivity contribution is 0.303. The van der Waals surface area contributed by atoms with Crippen LogP contribution in [0.5, 0.6) is 0 Å². The second-order valence-corrected chi connectivity index (χ2v) is 3.35. The van der Waals surface area contributed by atoms with Crippen LogP contribution in [0, 0.1) is 17.0 Å². The minimum atomic E-state index is -0.804. The minimum Gasteiger partial charge on any atom is -0.395 e. The SMILES string of the molecule is CN(CCO)c1c(F)cc(C(=N)N)cc1F. The van der Waals surface area contributed by atoms with Crippen molar-refractivity contribution in [1.29, 1.82) is 5.41 Å². The molecule has 0 radical (unpaired) electrons. The van der Waals surface area contributed by atoms with Gasteiger partial charge in [-0.3, -0.25) is 5.41 Å². The zero-order valence-corrected chi connectivity index (χ0v) is 8.80. The van der Waals surface area contributed by atoms with Crippen molar-refractivity contribution < 1.29 is 13.9 Å². The van der Waals surface area contributed by atoms with Gasteiger partial charge in [-0.2, -0.15) is 0 Å². The lowest BCUT2D eigenvalue weighted by Crippen LogP contribution is -2.24. The van der Waals surface area contributed by atoms with Gasteiger partial charge in [-0.1, -0.05) is 0 Å². The number of aliphatic hydroxyl groups is 1. The number of anilines is 1. The highest BCUT2D eigenvalue weighted by molar-refractivity contribution is 5.95. The number of aliphatic hydroxyl groups excluding tert-OH is 1. The molecular weight excluding hydrogens is 216 g/mol. The molecule has 0 saturated heterocycles. The van der Waals surface area contributed by atoms with E-state index in [0.717, 1.165) is 12.1 Å². The van der Waals surface area contributed by atoms with Gasteiger partial charge in [-0.05, 0) is 12.1 Å². The summed E-state index contributed by atoms with van der Waals surface area (Å²) in [5.74, 6) is -2.00. The number of nitrogens with two attached hydrogens (primary N) is 1. The van der Waals surface area contributed by atoms with Crippen molar-refractivity contribution >= 4 is 11.5 Å². The van der Waals surface area contributed by atoms with Crippen LogP contribution in [0.25, 0.3) is 0 Å². The van der Waals surface area contributed by atoms with Crippen LogP contribution in [-0.4, -0.2) is 31.1 Å². The standard InChI is InChI=1S/C10H13F2N3O/c1-15(2-3-16)9-7(11)4-6(10(13)14)5-8(9)12/h4-5,16H,2-3H2,1H3,(H3,13,14). The van der Waals surface area contributed by atoms with Crippen LogP contribution < -0.4 is 10.6 Å². The summed E-state index contributed by atoms with van der Waals surface area (Å²) in [5.41, 5.74) is 4.89. The maximum atomic E-state index is 13.5. The number of amidine groups is 1. The molecule has 88 valence electrons. The van der Waals surface area contributed by atoms with E-state index in [4.69, 9.17) is 16.2 Å². The van der Waals surface area contributed by atoms with Crippen molar-refractivity contribution in [1.82, 2.24) is 0 Å². The highest BCUT2D eigenvalue weighted by Crippen LogP contribution is 2.23. The fourth-order valence-corrected chi connectivity index (χ4v) is 1.35. The van der Waals surface area contributed by atoms with E-state index in [0.29, 0.717) is 0 Å². The number of nitrogens with one attached hydrogen (secondary N) is 1. The van der Waals surface area contributed by atoms with E-state index in [1.165, 1.54) is 11.9 Å². The summed E-state index contributed by atoms with van der Waals surface area (Å²) in [6, 6.07) is 1.99. The van der Waals surface area contributed by atoms with Crippen LogP contribution in [0.15, 0.2) is 12.1 Å². The highest BCUT2D eigenvalue weighted by atomic mass is 19.1. The number of nitrogen functional groups attached to an aromatic ring is 1. The molecule has 0 aliphatic carbocycles. The number of hydrogen-bond acceptors (Lipinski definition) is 3. The summed E-state index contributed by atoms with van der Waals surface area (Å²) in [7, 11) is 1.46. The smallest absolute Gasteiger partial charge is 0.150 e. The highest BCUT2D eigenvalue weighted by Gasteiger charge is 2.15. The number of halogens is 2. The molecule has 0 spiro atoms. The quantitative estimate of drug-likeness (QED) is 0.525. The van der Waals surface area contributed by atoms with Crippen molar-refractivity contribution in [2.24, 2.45) is 5.73 Å². The fraction of sp³-hybridized carbons (Fsp3) is 0.300. The molecule has 1 aromatic carbocycles. The molecule has 0 amide bonds. The van der Waals surface area contributed by atoms with E-state index in [1.54, 1.807) is 0 Å². The number of hydrogen-bond donors (Lipinski definition) is 3. The molecule has 4 N–H and O–H groups in total. The molecule has 0 atom stereocenters. The summed E-state index contributed by atoms with van der Waals surface area (Å²) >= 11 is 0. The molecule has 16 heavy (non-hydrogen) atoms. The monoisotopic (exact) mass is 229 g/mol. The second kappa shape index (κ2) is 4.89. The number of benzene rings is 1. The zero-order valence-electron chi connectivity index (χ0n) is 8.80. The Labute approximate surface area is 91.8 Å². The molecule has 1 aromatic rings. The van der Waals surface area contributed by atoms with E-state index in [1.807, 2.05) is 0 Å². The first-order valence-corrected chi connectivity index (χ1v) is 4.62. The minimum absolute atomic E-state index is 0.00357. The fourth-order valence-electron chi connectivity index (χ4n) is 1.35. The van der Waals surface area contributed by atoms with Crippen molar-refractivity contribution in [3.05, 3.63) is 29.3 Å². The predicted octanol–water partition coefficient (Wildman–Crippen LogP) is 0.677. The lowest BCUT2D eigenvalue weighted by Gasteiger charge is -2.19. The summed E-state index contributed by atoms with van der Waals surface area (Å²) in [5, 5.41) is 15.8. The largest absolute Gasteiger partial charge is 0.395 e. The molecule has 0 bridgehead atoms. The van der Waals surface area contributed by atoms with Gasteiger partial charge in [0.25, 0.3) is 0 Å². The molecule has 0 aliphatic rings. The molecule has 0 saturated carbocycles. The normalized spacial score (nSPS) is 10.2. The van der Waals surface area contributed by atoms with Gasteiger partial charge in [-0.15, -0.1) is 0 Å². The Hall–Kier alpha value is -1.69. The Morgan fingerprint density at radius 3 is 2.31 bits per heavy atom. The maximum Gasteiger partial charge on any atom is 0.150 e. The Morgan fingerprint density at radius 1 is 1.44 bits per heavy atom. The van der Waals surface area contributed by atoms with Crippen molar-refractivity contribution in [2.45, 2.75) is 0 Å². The molecule has 0 aliphatic heterocycles. The molecular formula is C10H13F2N3O. The van der Waals surface area contributed by atoms with Gasteiger partial charge >= 0.3 is 0 Å². The second-order valence-electron chi connectivity index (χ2n) is 3.35. The summed E-state index contributed by atoms with van der Waals surface area (Å²) in [4.78, 5) is 1.26. The van der Waals surface area contributed by atoms with Gasteiger partial charge in [0.05, 0.1) is 6.61 Å². The molecule has 0 fully saturated rings. The van der Waals surface area contributed by atoms with Crippen molar-refractivity contribution in [3.63, 3.8) is 0 Å². The first-order chi connectivity index (χ1) is 7.47. The molecule has 4 nitrogen and oxygen atoms in total. The van der Waals surface area contributed by atoms with Crippen molar-refractivity contribution in [3.8, 4) is 0 Å². The van der Waals surface area contributed by atoms with Gasteiger partial charge in [0.15, 0.2) is 0 Å². The van der Waals surface area contributed by atoms with Crippen LogP contribution in [0.3, 0.4) is 0 Å². The molecule has 0 aromatic heterocycles. The maximum absolute atomic E-state index is 13.5. The third kappa shape index (κ3) is 2.46. The van der Waals surface area contributed by atoms with Crippen LogP contribution in [-0.2, 0) is 0 Å². The molecule has 0 unspecified atom stereocenters. The number of rotatable bonds is 4. The molecule has 6 heteroatoms. The van der Waals surface area contributed by atoms with Gasteiger partial charge in [0.1, 0.15) is 23.2 Å². The van der Waals surface area contributed by atoms with Crippen LogP contribution in [0.4, 0.5) is 14.5 Å². The van der Waals surface area contributed by atoms with E-state index in [2.05, 4.69) is 0 Å². The van der Waals surface area contributed by atoms with E-state index in [9.17, 15) is 8.78 Å². The Bertz CT molecular complexity index is 386. The third-order valence-corrected chi connectivity index (χ3v) is 2.15. The number of nitrogens with zero attached hydrogens (tertiary/aromatic N) is 1. The van der Waals surface area contributed by atoms with Crippen LogP contribution in [0.1, 0.15) is 5.56 Å². The lowest BCUT2D eigenvalue weighted by atomic mass is 10.1. The van der Waals surface area contributed by atoms with E-state index >= 15 is 0 Å². The van der Waals surface area contributed by atoms with Gasteiger partial charge in [0, 0.05) is 19.2 Å². The van der Waals surface area contributed by atoms with Gasteiger partial charge in [-0.25, -0.2) is 8.78 Å². The molecule has 1 rings (SSSR count). The molecule has 0 heterocycles. The number of likely N-dealkylation sites (N-methyl/N-ethyl adjacent to an activating group) is 1. The van der Waals surface area contributed by atoms with Gasteiger partial charge in [0.2, 0.25) is 0 Å².